The molecule has 0 amide bonds. The van der Waals surface area contributed by atoms with E-state index >= 15 is 0 Å². The number of Topliss-reactive ketones (excluding diaryl/α,β-unsaturated/α-hetero) is 1. The molecule has 2 rings (SSSR count). The third-order valence-corrected chi connectivity index (χ3v) is 4.29. The topological polar surface area (TPSA) is 26.3 Å². The number of halogens is 1. The number of benzene rings is 1. The lowest BCUT2D eigenvalue weighted by Crippen LogP contribution is -2.30. The predicted molar refractivity (Wildman–Crippen MR) is 77.7 cm³/mol. The van der Waals surface area contributed by atoms with Crippen LogP contribution in [0.25, 0.3) is 0 Å². The van der Waals surface area contributed by atoms with Crippen molar-refractivity contribution in [2.45, 2.75) is 39.0 Å². The van der Waals surface area contributed by atoms with E-state index in [0.29, 0.717) is 16.7 Å². The molecule has 0 radical (unpaired) electrons. The second kappa shape index (κ2) is 6.95. The smallest absolute Gasteiger partial charge is 0.173 e. The van der Waals surface area contributed by atoms with Gasteiger partial charge in [-0.1, -0.05) is 37.8 Å². The molecule has 2 unspecified atom stereocenters. The van der Waals surface area contributed by atoms with Crippen LogP contribution in [-0.4, -0.2) is 12.4 Å². The van der Waals surface area contributed by atoms with Crippen molar-refractivity contribution in [3.63, 3.8) is 0 Å². The fourth-order valence-corrected chi connectivity index (χ4v) is 3.04. The van der Waals surface area contributed by atoms with Crippen LogP contribution in [0.4, 0.5) is 0 Å². The van der Waals surface area contributed by atoms with Crippen LogP contribution in [0.2, 0.25) is 5.02 Å². The van der Waals surface area contributed by atoms with Crippen molar-refractivity contribution in [3.05, 3.63) is 29.3 Å². The van der Waals surface area contributed by atoms with Crippen LogP contribution in [-0.2, 0) is 4.79 Å². The summed E-state index contributed by atoms with van der Waals surface area (Å²) in [6.07, 6.45) is 5.75. The van der Waals surface area contributed by atoms with E-state index in [1.807, 2.05) is 0 Å². The summed E-state index contributed by atoms with van der Waals surface area (Å²) in [5.74, 6) is 1.71. The van der Waals surface area contributed by atoms with Crippen molar-refractivity contribution >= 4 is 17.4 Å². The van der Waals surface area contributed by atoms with Gasteiger partial charge in [0.15, 0.2) is 5.78 Å². The van der Waals surface area contributed by atoms with Gasteiger partial charge in [0.25, 0.3) is 0 Å². The number of ketones is 1. The standard InChI is InChI=1S/C16H21ClO2/c1-2-12-5-3-4-6-15(12)16(18)11-19-14-9-7-13(17)8-10-14/h7-10,12,15H,2-6,11H2,1H3. The highest BCUT2D eigenvalue weighted by atomic mass is 35.5. The summed E-state index contributed by atoms with van der Waals surface area (Å²) in [4.78, 5) is 12.3. The number of hydrogen-bond acceptors (Lipinski definition) is 2. The Bertz CT molecular complexity index is 413. The number of carbonyl (C=O) groups is 1. The van der Waals surface area contributed by atoms with Crippen molar-refractivity contribution in [3.8, 4) is 5.75 Å². The van der Waals surface area contributed by atoms with E-state index in [-0.39, 0.29) is 18.3 Å². The Morgan fingerprint density at radius 2 is 1.95 bits per heavy atom. The van der Waals surface area contributed by atoms with Gasteiger partial charge in [-0.05, 0) is 43.0 Å². The molecule has 1 fully saturated rings. The Balaban J connectivity index is 1.87. The van der Waals surface area contributed by atoms with Gasteiger partial charge in [-0.2, -0.15) is 0 Å². The van der Waals surface area contributed by atoms with Gasteiger partial charge < -0.3 is 4.74 Å². The molecule has 0 saturated heterocycles. The lowest BCUT2D eigenvalue weighted by molar-refractivity contribution is -0.127. The first-order valence-electron chi connectivity index (χ1n) is 7.11. The summed E-state index contributed by atoms with van der Waals surface area (Å²) in [7, 11) is 0. The molecule has 0 bridgehead atoms. The van der Waals surface area contributed by atoms with Crippen LogP contribution in [0.1, 0.15) is 39.0 Å². The van der Waals surface area contributed by atoms with E-state index < -0.39 is 0 Å². The Morgan fingerprint density at radius 1 is 1.26 bits per heavy atom. The van der Waals surface area contributed by atoms with Crippen LogP contribution in [0.5, 0.6) is 5.75 Å². The molecular formula is C16H21ClO2. The molecule has 1 aromatic carbocycles. The molecule has 104 valence electrons. The fraction of sp³-hybridized carbons (Fsp3) is 0.562. The number of ether oxygens (including phenoxy) is 1. The highest BCUT2D eigenvalue weighted by Gasteiger charge is 2.29. The first-order chi connectivity index (χ1) is 9.20. The number of hydrogen-bond donors (Lipinski definition) is 0. The zero-order valence-corrected chi connectivity index (χ0v) is 12.2. The quantitative estimate of drug-likeness (QED) is 0.793. The molecule has 2 atom stereocenters. The molecule has 3 heteroatoms. The summed E-state index contributed by atoms with van der Waals surface area (Å²) in [6, 6.07) is 7.15. The van der Waals surface area contributed by atoms with Crippen LogP contribution < -0.4 is 4.74 Å². The van der Waals surface area contributed by atoms with Crippen LogP contribution in [0, 0.1) is 11.8 Å². The summed E-state index contributed by atoms with van der Waals surface area (Å²) >= 11 is 5.81. The fourth-order valence-electron chi connectivity index (χ4n) is 2.91. The van der Waals surface area contributed by atoms with E-state index in [9.17, 15) is 4.79 Å². The minimum Gasteiger partial charge on any atom is -0.486 e. The molecule has 1 saturated carbocycles. The maximum Gasteiger partial charge on any atom is 0.173 e. The molecule has 0 heterocycles. The summed E-state index contributed by atoms with van der Waals surface area (Å²) in [5.41, 5.74) is 0. The zero-order chi connectivity index (χ0) is 13.7. The molecule has 0 spiro atoms. The van der Waals surface area contributed by atoms with E-state index in [0.717, 1.165) is 12.8 Å². The number of rotatable bonds is 5. The van der Waals surface area contributed by atoms with Gasteiger partial charge in [0, 0.05) is 10.9 Å². The maximum atomic E-state index is 12.3. The molecular weight excluding hydrogens is 260 g/mol. The van der Waals surface area contributed by atoms with Gasteiger partial charge in [0.1, 0.15) is 12.4 Å². The monoisotopic (exact) mass is 280 g/mol. The van der Waals surface area contributed by atoms with E-state index in [1.165, 1.54) is 19.3 Å². The van der Waals surface area contributed by atoms with Gasteiger partial charge in [0.2, 0.25) is 0 Å². The largest absolute Gasteiger partial charge is 0.486 e. The lowest BCUT2D eigenvalue weighted by atomic mass is 9.76. The van der Waals surface area contributed by atoms with Crippen molar-refractivity contribution in [2.75, 3.05) is 6.61 Å². The Kier molecular flexibility index (Phi) is 5.26. The Morgan fingerprint density at radius 3 is 2.63 bits per heavy atom. The lowest BCUT2D eigenvalue weighted by Gasteiger charge is -2.29. The minimum atomic E-state index is 0.183. The van der Waals surface area contributed by atoms with Crippen LogP contribution >= 0.6 is 11.6 Å². The molecule has 1 aliphatic rings. The van der Waals surface area contributed by atoms with Crippen LogP contribution in [0.3, 0.4) is 0 Å². The summed E-state index contributed by atoms with van der Waals surface area (Å²) < 4.78 is 5.56. The van der Waals surface area contributed by atoms with Gasteiger partial charge in [-0.3, -0.25) is 4.79 Å². The SMILES string of the molecule is CCC1CCCCC1C(=O)COc1ccc(Cl)cc1. The second-order valence-electron chi connectivity index (χ2n) is 5.27. The molecule has 1 aliphatic carbocycles. The van der Waals surface area contributed by atoms with Gasteiger partial charge in [0.05, 0.1) is 0 Å². The molecule has 2 nitrogen and oxygen atoms in total. The Hall–Kier alpha value is -1.02. The van der Waals surface area contributed by atoms with Crippen molar-refractivity contribution in [1.82, 2.24) is 0 Å². The zero-order valence-electron chi connectivity index (χ0n) is 11.4. The normalized spacial score (nSPS) is 23.1. The highest BCUT2D eigenvalue weighted by molar-refractivity contribution is 6.30. The minimum absolute atomic E-state index is 0.183. The van der Waals surface area contributed by atoms with Crippen molar-refractivity contribution in [2.24, 2.45) is 11.8 Å². The second-order valence-corrected chi connectivity index (χ2v) is 5.70. The first kappa shape index (κ1) is 14.4. The summed E-state index contributed by atoms with van der Waals surface area (Å²) in [5, 5.41) is 0.678. The van der Waals surface area contributed by atoms with Gasteiger partial charge in [-0.15, -0.1) is 0 Å². The molecule has 0 aliphatic heterocycles. The van der Waals surface area contributed by atoms with Crippen LogP contribution in [0.15, 0.2) is 24.3 Å². The molecule has 0 aromatic heterocycles. The molecule has 0 N–H and O–H groups in total. The highest BCUT2D eigenvalue weighted by Crippen LogP contribution is 2.32. The third-order valence-electron chi connectivity index (χ3n) is 4.04. The van der Waals surface area contributed by atoms with E-state index in [2.05, 4.69) is 6.92 Å². The average molecular weight is 281 g/mol. The molecule has 1 aromatic rings. The average Bonchev–Trinajstić information content (AvgIpc) is 2.46. The summed E-state index contributed by atoms with van der Waals surface area (Å²) in [6.45, 7) is 2.36. The van der Waals surface area contributed by atoms with Gasteiger partial charge >= 0.3 is 0 Å². The van der Waals surface area contributed by atoms with E-state index in [1.54, 1.807) is 24.3 Å². The maximum absolute atomic E-state index is 12.3. The van der Waals surface area contributed by atoms with Crippen molar-refractivity contribution < 1.29 is 9.53 Å². The third kappa shape index (κ3) is 3.97. The number of carbonyl (C=O) groups excluding carboxylic acids is 1. The Labute approximate surface area is 120 Å². The predicted octanol–water partition coefficient (Wildman–Crippen LogP) is 4.50. The van der Waals surface area contributed by atoms with E-state index in [4.69, 9.17) is 16.3 Å². The van der Waals surface area contributed by atoms with Crippen molar-refractivity contribution in [1.29, 1.82) is 0 Å². The van der Waals surface area contributed by atoms with Gasteiger partial charge in [-0.25, -0.2) is 0 Å². The molecule has 19 heavy (non-hydrogen) atoms. The first-order valence-corrected chi connectivity index (χ1v) is 7.49.